The van der Waals surface area contributed by atoms with Gasteiger partial charge in [-0.05, 0) is 44.8 Å². The molecule has 2 heterocycles. The summed E-state index contributed by atoms with van der Waals surface area (Å²) >= 11 is 0. The molecule has 0 spiro atoms. The highest BCUT2D eigenvalue weighted by Crippen LogP contribution is 2.16. The molecule has 0 atom stereocenters. The highest BCUT2D eigenvalue weighted by atomic mass is 15.1. The van der Waals surface area contributed by atoms with Crippen molar-refractivity contribution < 1.29 is 9.13 Å². The van der Waals surface area contributed by atoms with Crippen LogP contribution in [0.25, 0.3) is 21.5 Å². The van der Waals surface area contributed by atoms with Gasteiger partial charge >= 0.3 is 0 Å². The minimum Gasteiger partial charge on any atom is -0.237 e. The van der Waals surface area contributed by atoms with Gasteiger partial charge in [0.2, 0.25) is 12.7 Å². The van der Waals surface area contributed by atoms with Crippen LogP contribution >= 0.6 is 0 Å². The summed E-state index contributed by atoms with van der Waals surface area (Å²) in [4.78, 5) is 0. The predicted molar refractivity (Wildman–Crippen MR) is 140 cm³/mol. The van der Waals surface area contributed by atoms with E-state index in [0.717, 1.165) is 32.6 Å². The Morgan fingerprint density at radius 3 is 1.46 bits per heavy atom. The van der Waals surface area contributed by atoms with Gasteiger partial charge < -0.3 is 0 Å². The van der Waals surface area contributed by atoms with Crippen molar-refractivity contribution in [2.45, 2.75) is 32.6 Å². The molecule has 4 heteroatoms. The van der Waals surface area contributed by atoms with E-state index in [2.05, 4.69) is 141 Å². The lowest BCUT2D eigenvalue weighted by atomic mass is 10.1. The predicted octanol–water partition coefficient (Wildman–Crippen LogP) is 5.36. The second kappa shape index (κ2) is 9.59. The number of fused-ring (bicyclic) bond motifs is 2. The van der Waals surface area contributed by atoms with Gasteiger partial charge in [0.15, 0.2) is 0 Å². The van der Waals surface area contributed by atoms with Crippen molar-refractivity contribution >= 4 is 21.5 Å². The Hall–Kier alpha value is -4.18. The maximum absolute atomic E-state index is 2.29. The average molecular weight is 459 g/mol. The van der Waals surface area contributed by atoms with Gasteiger partial charge in [0, 0.05) is 6.42 Å². The van der Waals surface area contributed by atoms with E-state index < -0.39 is 0 Å². The molecular weight excluding hydrogens is 428 g/mol. The molecule has 4 nitrogen and oxygen atoms in total. The summed E-state index contributed by atoms with van der Waals surface area (Å²) in [6.07, 6.45) is 14.2. The van der Waals surface area contributed by atoms with Gasteiger partial charge in [0.25, 0.3) is 0 Å². The maximum Gasteiger partial charge on any atom is 0.244 e. The Kier molecular flexibility index (Phi) is 5.85. The van der Waals surface area contributed by atoms with E-state index >= 15 is 0 Å². The number of aryl methyl sites for hydroxylation is 2. The molecule has 4 aromatic carbocycles. The van der Waals surface area contributed by atoms with Gasteiger partial charge in [0.05, 0.1) is 13.1 Å². The lowest BCUT2D eigenvalue weighted by Crippen LogP contribution is -2.31. The Balaban J connectivity index is 1.02. The summed E-state index contributed by atoms with van der Waals surface area (Å²) in [7, 11) is 0. The van der Waals surface area contributed by atoms with Gasteiger partial charge in [-0.15, -0.1) is 0 Å². The molecule has 0 fully saturated rings. The molecule has 0 aliphatic carbocycles. The Morgan fingerprint density at radius 1 is 0.514 bits per heavy atom. The minimum atomic E-state index is 0.893. The van der Waals surface area contributed by atoms with Crippen LogP contribution < -0.4 is 9.13 Å². The first-order chi connectivity index (χ1) is 17.3. The normalized spacial score (nSPS) is 11.4. The summed E-state index contributed by atoms with van der Waals surface area (Å²) in [5.41, 5.74) is 2.66. The van der Waals surface area contributed by atoms with Crippen LogP contribution in [0.5, 0.6) is 0 Å². The number of nitrogens with zero attached hydrogens (tertiary/aromatic N) is 4. The molecule has 2 aromatic heterocycles. The summed E-state index contributed by atoms with van der Waals surface area (Å²) in [5.74, 6) is 0. The number of rotatable bonds is 8. The van der Waals surface area contributed by atoms with E-state index in [1.165, 1.54) is 32.7 Å². The summed E-state index contributed by atoms with van der Waals surface area (Å²) in [6.45, 7) is 3.80. The molecule has 35 heavy (non-hydrogen) atoms. The van der Waals surface area contributed by atoms with Crippen LogP contribution in [-0.4, -0.2) is 9.13 Å². The van der Waals surface area contributed by atoms with Crippen molar-refractivity contribution in [3.63, 3.8) is 0 Å². The molecule has 0 aliphatic rings. The Labute approximate surface area is 205 Å². The largest absolute Gasteiger partial charge is 0.244 e. The third-order valence-electron chi connectivity index (χ3n) is 6.68. The minimum absolute atomic E-state index is 0.893. The lowest BCUT2D eigenvalue weighted by molar-refractivity contribution is -0.687. The van der Waals surface area contributed by atoms with Crippen LogP contribution in [0.3, 0.4) is 0 Å². The van der Waals surface area contributed by atoms with Crippen molar-refractivity contribution in [2.75, 3.05) is 0 Å². The number of imidazole rings is 2. The third-order valence-corrected chi connectivity index (χ3v) is 6.68. The maximum atomic E-state index is 2.29. The van der Waals surface area contributed by atoms with E-state index in [0.29, 0.717) is 0 Å². The Morgan fingerprint density at radius 2 is 0.971 bits per heavy atom. The number of hydrogen-bond acceptors (Lipinski definition) is 0. The highest BCUT2D eigenvalue weighted by Gasteiger charge is 2.09. The third kappa shape index (κ3) is 5.02. The molecule has 6 aromatic rings. The molecule has 6 rings (SSSR count). The lowest BCUT2D eigenvalue weighted by Gasteiger charge is -2.02. The van der Waals surface area contributed by atoms with Crippen LogP contribution in [-0.2, 0) is 26.2 Å². The Bertz CT molecular complexity index is 1470. The molecular formula is C31H30N4+2. The van der Waals surface area contributed by atoms with E-state index in [-0.39, 0.29) is 0 Å². The first-order valence-electron chi connectivity index (χ1n) is 12.3. The molecule has 0 N–H and O–H groups in total. The summed E-state index contributed by atoms with van der Waals surface area (Å²) in [6, 6.07) is 30.5. The molecule has 0 radical (unpaired) electrons. The van der Waals surface area contributed by atoms with Crippen LogP contribution in [0, 0.1) is 0 Å². The smallest absolute Gasteiger partial charge is 0.237 e. The molecule has 0 saturated heterocycles. The fourth-order valence-corrected chi connectivity index (χ4v) is 4.86. The molecule has 0 saturated carbocycles. The van der Waals surface area contributed by atoms with Crippen LogP contribution in [0.15, 0.2) is 122 Å². The number of benzene rings is 4. The molecule has 172 valence electrons. The SMILES string of the molecule is c1ccc2cc(C[n+]3ccn(CCCn4cc[n+](Cc5ccc6ccccc6c5)c4)c3)ccc2c1. The van der Waals surface area contributed by atoms with Gasteiger partial charge in [0.1, 0.15) is 37.9 Å². The fraction of sp³-hybridized carbons (Fsp3) is 0.161. The highest BCUT2D eigenvalue weighted by molar-refractivity contribution is 5.83. The van der Waals surface area contributed by atoms with E-state index in [4.69, 9.17) is 0 Å². The monoisotopic (exact) mass is 458 g/mol. The zero-order valence-corrected chi connectivity index (χ0v) is 19.9. The van der Waals surface area contributed by atoms with Gasteiger partial charge in [-0.3, -0.25) is 0 Å². The second-order valence-corrected chi connectivity index (χ2v) is 9.36. The van der Waals surface area contributed by atoms with E-state index in [1.54, 1.807) is 0 Å². The van der Waals surface area contributed by atoms with E-state index in [9.17, 15) is 0 Å². The summed E-state index contributed by atoms with van der Waals surface area (Å²) in [5, 5.41) is 5.19. The van der Waals surface area contributed by atoms with Crippen molar-refractivity contribution in [3.8, 4) is 0 Å². The number of hydrogen-bond donors (Lipinski definition) is 0. The molecule has 0 amide bonds. The zero-order chi connectivity index (χ0) is 23.5. The summed E-state index contributed by atoms with van der Waals surface area (Å²) < 4.78 is 9.09. The quantitative estimate of drug-likeness (QED) is 0.273. The van der Waals surface area contributed by atoms with Gasteiger partial charge in [-0.25, -0.2) is 18.3 Å². The zero-order valence-electron chi connectivity index (χ0n) is 19.9. The van der Waals surface area contributed by atoms with Gasteiger partial charge in [-0.2, -0.15) is 0 Å². The van der Waals surface area contributed by atoms with Crippen molar-refractivity contribution in [3.05, 3.63) is 133 Å². The van der Waals surface area contributed by atoms with Crippen molar-refractivity contribution in [1.82, 2.24) is 9.13 Å². The van der Waals surface area contributed by atoms with E-state index in [1.807, 2.05) is 0 Å². The topological polar surface area (TPSA) is 17.6 Å². The first kappa shape index (κ1) is 21.4. The van der Waals surface area contributed by atoms with Crippen LogP contribution in [0.1, 0.15) is 17.5 Å². The van der Waals surface area contributed by atoms with Gasteiger partial charge in [-0.1, -0.05) is 72.8 Å². The first-order valence-corrected chi connectivity index (χ1v) is 12.3. The molecule has 0 bridgehead atoms. The van der Waals surface area contributed by atoms with Crippen molar-refractivity contribution in [1.29, 1.82) is 0 Å². The molecule has 0 aliphatic heterocycles. The van der Waals surface area contributed by atoms with Crippen LogP contribution in [0.4, 0.5) is 0 Å². The van der Waals surface area contributed by atoms with Crippen molar-refractivity contribution in [2.24, 2.45) is 0 Å². The second-order valence-electron chi connectivity index (χ2n) is 9.36. The number of aromatic nitrogens is 4. The fourth-order valence-electron chi connectivity index (χ4n) is 4.86. The standard InChI is InChI=1S/C31H30N4/c1-3-8-30-20-26(10-12-28(30)6-1)22-34-18-16-32(24-34)14-5-15-33-17-19-35(25-33)23-27-11-13-29-7-2-4-9-31(29)21-27/h1-4,6-13,16-21,24-25H,5,14-15,22-23H2/q+2. The average Bonchev–Trinajstić information content (AvgIpc) is 3.53. The molecule has 0 unspecified atom stereocenters. The van der Waals surface area contributed by atoms with Crippen LogP contribution in [0.2, 0.25) is 0 Å².